The summed E-state index contributed by atoms with van der Waals surface area (Å²) >= 11 is 3.62. The summed E-state index contributed by atoms with van der Waals surface area (Å²) in [5, 5.41) is 23.7. The zero-order valence-electron chi connectivity index (χ0n) is 25.0. The molecule has 4 aromatic rings. The molecule has 1 aliphatic rings. The van der Waals surface area contributed by atoms with Crippen LogP contribution in [0.15, 0.2) is 77.3 Å². The molecule has 45 heavy (non-hydrogen) atoms. The molecule has 226 valence electrons. The van der Waals surface area contributed by atoms with E-state index in [0.29, 0.717) is 34.7 Å². The Kier molecular flexibility index (Phi) is 9.17. The Morgan fingerprint density at radius 1 is 1.00 bits per heavy atom. The lowest BCUT2D eigenvalue weighted by Crippen LogP contribution is -2.53. The van der Waals surface area contributed by atoms with Gasteiger partial charge in [-0.25, -0.2) is 0 Å². The van der Waals surface area contributed by atoms with Gasteiger partial charge in [0.25, 0.3) is 11.8 Å². The number of carbonyl (C=O) groups is 3. The Hall–Kier alpha value is -5.19. The van der Waals surface area contributed by atoms with Gasteiger partial charge >= 0.3 is 0 Å². The molecule has 1 aliphatic heterocycles. The highest BCUT2D eigenvalue weighted by Gasteiger charge is 2.38. The number of nitrogens with one attached hydrogen (secondary N) is 1. The van der Waals surface area contributed by atoms with E-state index < -0.39 is 17.9 Å². The van der Waals surface area contributed by atoms with Crippen LogP contribution in [0.3, 0.4) is 0 Å². The minimum Gasteiger partial charge on any atom is -0.496 e. The second-order valence-electron chi connectivity index (χ2n) is 10.8. The Balaban J connectivity index is 1.70. The first kappa shape index (κ1) is 31.2. The first-order valence-electron chi connectivity index (χ1n) is 14.4. The molecule has 1 heterocycles. The van der Waals surface area contributed by atoms with Crippen LogP contribution in [-0.2, 0) is 16.1 Å². The molecular formula is C35H30BrN5O4. The van der Waals surface area contributed by atoms with E-state index in [0.717, 1.165) is 20.8 Å². The molecule has 9 nitrogen and oxygen atoms in total. The van der Waals surface area contributed by atoms with Gasteiger partial charge in [-0.05, 0) is 77.9 Å². The third-order valence-corrected chi connectivity index (χ3v) is 8.80. The maximum atomic E-state index is 14.5. The van der Waals surface area contributed by atoms with Crippen molar-refractivity contribution in [2.75, 3.05) is 23.5 Å². The predicted octanol–water partition coefficient (Wildman–Crippen LogP) is 6.08. The van der Waals surface area contributed by atoms with E-state index in [4.69, 9.17) is 4.74 Å². The Morgan fingerprint density at radius 3 is 2.38 bits per heavy atom. The molecule has 5 rings (SSSR count). The van der Waals surface area contributed by atoms with E-state index in [9.17, 15) is 24.9 Å². The van der Waals surface area contributed by atoms with E-state index in [1.54, 1.807) is 61.4 Å². The topological polar surface area (TPSA) is 127 Å². The fraction of sp³-hybridized carbons (Fsp3) is 0.229. The molecule has 0 radical (unpaired) electrons. The molecule has 0 saturated heterocycles. The van der Waals surface area contributed by atoms with Crippen LogP contribution in [0.4, 0.5) is 11.4 Å². The van der Waals surface area contributed by atoms with Crippen molar-refractivity contribution in [1.82, 2.24) is 5.32 Å². The molecule has 0 aliphatic carbocycles. The number of rotatable bonds is 7. The molecule has 2 atom stereocenters. The molecular weight excluding hydrogens is 634 g/mol. The van der Waals surface area contributed by atoms with Gasteiger partial charge in [-0.1, -0.05) is 41.9 Å². The van der Waals surface area contributed by atoms with Gasteiger partial charge in [0.1, 0.15) is 11.8 Å². The number of fused-ring (bicyclic) bond motifs is 2. The number of nitriles is 2. The number of benzene rings is 4. The van der Waals surface area contributed by atoms with Crippen molar-refractivity contribution in [3.8, 4) is 17.9 Å². The van der Waals surface area contributed by atoms with Crippen LogP contribution < -0.4 is 19.9 Å². The smallest absolute Gasteiger partial charge is 0.258 e. The largest absolute Gasteiger partial charge is 0.496 e. The number of hydrogen-bond donors (Lipinski definition) is 1. The molecule has 4 aromatic carbocycles. The third-order valence-electron chi connectivity index (χ3n) is 8.11. The zero-order valence-corrected chi connectivity index (χ0v) is 26.6. The van der Waals surface area contributed by atoms with Crippen molar-refractivity contribution in [2.24, 2.45) is 5.92 Å². The number of hydrogen-bond acceptors (Lipinski definition) is 6. The lowest BCUT2D eigenvalue weighted by molar-refractivity contribution is -0.129. The Morgan fingerprint density at radius 2 is 1.71 bits per heavy atom. The van der Waals surface area contributed by atoms with Gasteiger partial charge < -0.3 is 19.9 Å². The van der Waals surface area contributed by atoms with Crippen molar-refractivity contribution in [1.29, 1.82) is 10.5 Å². The van der Waals surface area contributed by atoms with E-state index in [1.807, 2.05) is 43.3 Å². The van der Waals surface area contributed by atoms with E-state index in [1.165, 1.54) is 4.90 Å². The zero-order chi connectivity index (χ0) is 32.2. The molecule has 1 N–H and O–H groups in total. The van der Waals surface area contributed by atoms with E-state index in [2.05, 4.69) is 27.3 Å². The first-order chi connectivity index (χ1) is 21.7. The average Bonchev–Trinajstić information content (AvgIpc) is 3.18. The SMILES string of the molecule is CC[C@@H](C)C(=O)N[C@H]1CN(C(=O)c2ccc(C#N)cc2)c2cc(C#N)ccc2N(Cc2c(OC)ccc3c(Br)cccc23)C1=O. The van der Waals surface area contributed by atoms with Crippen molar-refractivity contribution in [3.05, 3.63) is 99.5 Å². The van der Waals surface area contributed by atoms with Crippen LogP contribution in [0.2, 0.25) is 0 Å². The van der Waals surface area contributed by atoms with Gasteiger partial charge in [0, 0.05) is 21.5 Å². The summed E-state index contributed by atoms with van der Waals surface area (Å²) in [7, 11) is 1.56. The Labute approximate surface area is 269 Å². The normalized spacial score (nSPS) is 15.0. The fourth-order valence-electron chi connectivity index (χ4n) is 5.38. The molecule has 0 bridgehead atoms. The van der Waals surface area contributed by atoms with Crippen molar-refractivity contribution in [2.45, 2.75) is 32.9 Å². The lowest BCUT2D eigenvalue weighted by Gasteiger charge is -2.27. The van der Waals surface area contributed by atoms with E-state index >= 15 is 0 Å². The monoisotopic (exact) mass is 663 g/mol. The van der Waals surface area contributed by atoms with Crippen LogP contribution in [-0.4, -0.2) is 37.4 Å². The molecule has 0 saturated carbocycles. The molecule has 0 aromatic heterocycles. The van der Waals surface area contributed by atoms with Gasteiger partial charge in [0.05, 0.1) is 54.8 Å². The number of carbonyl (C=O) groups excluding carboxylic acids is 3. The van der Waals surface area contributed by atoms with Gasteiger partial charge in [-0.3, -0.25) is 14.4 Å². The van der Waals surface area contributed by atoms with Crippen molar-refractivity contribution in [3.63, 3.8) is 0 Å². The molecule has 3 amide bonds. The van der Waals surface area contributed by atoms with Crippen LogP contribution in [0, 0.1) is 28.6 Å². The number of ether oxygens (including phenoxy) is 1. The summed E-state index contributed by atoms with van der Waals surface area (Å²) in [6.45, 7) is 3.55. The second-order valence-corrected chi connectivity index (χ2v) is 11.7. The highest BCUT2D eigenvalue weighted by Crippen LogP contribution is 2.39. The second kappa shape index (κ2) is 13.2. The standard InChI is InChI=1S/C35H30BrN5O4/c1-4-21(2)33(42)39-29-20-41(34(43)24-11-8-22(17-37)9-12-24)31-16-23(18-38)10-14-30(31)40(35(29)44)19-27-25-6-5-7-28(36)26(25)13-15-32(27)45-3/h5-16,21,29H,4,19-20H2,1-3H3,(H,39,42)/t21-,29+/m1/s1. The van der Waals surface area contributed by atoms with Gasteiger partial charge in [-0.15, -0.1) is 0 Å². The highest BCUT2D eigenvalue weighted by atomic mass is 79.9. The summed E-state index contributed by atoms with van der Waals surface area (Å²) in [5.74, 6) is -0.961. The van der Waals surface area contributed by atoms with Crippen molar-refractivity contribution >= 4 is 55.8 Å². The summed E-state index contributed by atoms with van der Waals surface area (Å²) in [6.07, 6.45) is 0.568. The number of nitrogens with zero attached hydrogens (tertiary/aromatic N) is 4. The summed E-state index contributed by atoms with van der Waals surface area (Å²) in [6, 6.07) is 23.6. The van der Waals surface area contributed by atoms with Crippen LogP contribution in [0.5, 0.6) is 5.75 Å². The minimum absolute atomic E-state index is 0.0588. The predicted molar refractivity (Wildman–Crippen MR) is 175 cm³/mol. The van der Waals surface area contributed by atoms with Crippen LogP contribution in [0.1, 0.15) is 47.3 Å². The van der Waals surface area contributed by atoms with Crippen molar-refractivity contribution < 1.29 is 19.1 Å². The van der Waals surface area contributed by atoms with Crippen LogP contribution in [0.25, 0.3) is 10.8 Å². The molecule has 0 unspecified atom stereocenters. The van der Waals surface area contributed by atoms with Crippen LogP contribution >= 0.6 is 15.9 Å². The average molecular weight is 665 g/mol. The number of anilines is 2. The fourth-order valence-corrected chi connectivity index (χ4v) is 5.88. The molecule has 0 spiro atoms. The summed E-state index contributed by atoms with van der Waals surface area (Å²) in [5.41, 5.74) is 2.46. The number of amides is 3. The minimum atomic E-state index is -1.10. The highest BCUT2D eigenvalue weighted by molar-refractivity contribution is 9.10. The molecule has 10 heteroatoms. The summed E-state index contributed by atoms with van der Waals surface area (Å²) < 4.78 is 6.62. The maximum absolute atomic E-state index is 14.5. The number of methoxy groups -OCH3 is 1. The van der Waals surface area contributed by atoms with Gasteiger partial charge in [0.2, 0.25) is 5.91 Å². The first-order valence-corrected chi connectivity index (χ1v) is 15.2. The Bertz CT molecular complexity index is 1890. The van der Waals surface area contributed by atoms with Gasteiger partial charge in [-0.2, -0.15) is 10.5 Å². The molecule has 0 fully saturated rings. The van der Waals surface area contributed by atoms with E-state index in [-0.39, 0.29) is 30.5 Å². The quantitative estimate of drug-likeness (QED) is 0.255. The maximum Gasteiger partial charge on any atom is 0.258 e. The lowest BCUT2D eigenvalue weighted by atomic mass is 10.0. The number of halogens is 1. The summed E-state index contributed by atoms with van der Waals surface area (Å²) in [4.78, 5) is 44.8. The van der Waals surface area contributed by atoms with Gasteiger partial charge in [0.15, 0.2) is 0 Å². The third kappa shape index (κ3) is 6.11.